The molecule has 0 aromatic heterocycles. The van der Waals surface area contributed by atoms with Crippen molar-refractivity contribution in [1.82, 2.24) is 10.6 Å². The van der Waals surface area contributed by atoms with Gasteiger partial charge >= 0.3 is 6.03 Å². The summed E-state index contributed by atoms with van der Waals surface area (Å²) in [5.74, 6) is 0. The van der Waals surface area contributed by atoms with Gasteiger partial charge in [0.25, 0.3) is 0 Å². The number of carbonyl (C=O) groups excluding carboxylic acids is 1. The molecule has 2 N–H and O–H groups in total. The van der Waals surface area contributed by atoms with Gasteiger partial charge in [-0.15, -0.1) is 0 Å². The average molecular weight is 287 g/mol. The molecule has 0 unspecified atom stereocenters. The highest BCUT2D eigenvalue weighted by molar-refractivity contribution is 9.10. The predicted molar refractivity (Wildman–Crippen MR) is 66.3 cm³/mol. The number of carbonyl (C=O) groups is 1. The van der Waals surface area contributed by atoms with E-state index in [4.69, 9.17) is 4.74 Å². The Kier molecular flexibility index (Phi) is 5.88. The SMILES string of the molecule is COCCNC(=O)NCc1cccc(Br)c1. The highest BCUT2D eigenvalue weighted by Gasteiger charge is 1.99. The van der Waals surface area contributed by atoms with E-state index in [9.17, 15) is 4.79 Å². The van der Waals surface area contributed by atoms with Crippen molar-refractivity contribution in [3.63, 3.8) is 0 Å². The van der Waals surface area contributed by atoms with Crippen LogP contribution >= 0.6 is 15.9 Å². The molecule has 16 heavy (non-hydrogen) atoms. The molecule has 88 valence electrons. The van der Waals surface area contributed by atoms with Crippen LogP contribution in [-0.4, -0.2) is 26.3 Å². The molecule has 1 aromatic rings. The minimum atomic E-state index is -0.183. The lowest BCUT2D eigenvalue weighted by Gasteiger charge is -2.07. The van der Waals surface area contributed by atoms with Crippen LogP contribution in [0.2, 0.25) is 0 Å². The molecule has 0 saturated heterocycles. The molecular formula is C11H15BrN2O2. The number of amides is 2. The summed E-state index contributed by atoms with van der Waals surface area (Å²) in [6.45, 7) is 1.55. The van der Waals surface area contributed by atoms with Crippen molar-refractivity contribution in [2.75, 3.05) is 20.3 Å². The Balaban J connectivity index is 2.26. The van der Waals surface area contributed by atoms with E-state index in [0.717, 1.165) is 10.0 Å². The Bertz CT molecular complexity index is 345. The topological polar surface area (TPSA) is 50.4 Å². The summed E-state index contributed by atoms with van der Waals surface area (Å²) in [4.78, 5) is 11.3. The second-order valence-electron chi connectivity index (χ2n) is 3.23. The second kappa shape index (κ2) is 7.24. The molecule has 0 spiro atoms. The van der Waals surface area contributed by atoms with Gasteiger partial charge in [-0.1, -0.05) is 28.1 Å². The molecule has 0 atom stereocenters. The second-order valence-corrected chi connectivity index (χ2v) is 4.15. The molecule has 5 heteroatoms. The van der Waals surface area contributed by atoms with E-state index in [1.54, 1.807) is 7.11 Å². The van der Waals surface area contributed by atoms with Crippen molar-refractivity contribution < 1.29 is 9.53 Å². The standard InChI is InChI=1S/C11H15BrN2O2/c1-16-6-5-13-11(15)14-8-9-3-2-4-10(12)7-9/h2-4,7H,5-6,8H2,1H3,(H2,13,14,15). The van der Waals surface area contributed by atoms with Crippen LogP contribution in [0, 0.1) is 0 Å². The van der Waals surface area contributed by atoms with Crippen LogP contribution in [0.5, 0.6) is 0 Å². The fourth-order valence-corrected chi connectivity index (χ4v) is 1.61. The Morgan fingerprint density at radius 1 is 1.44 bits per heavy atom. The summed E-state index contributed by atoms with van der Waals surface area (Å²) < 4.78 is 5.83. The zero-order chi connectivity index (χ0) is 11.8. The molecule has 0 aliphatic rings. The van der Waals surface area contributed by atoms with Gasteiger partial charge in [0.05, 0.1) is 6.61 Å². The van der Waals surface area contributed by atoms with E-state index in [1.165, 1.54) is 0 Å². The van der Waals surface area contributed by atoms with E-state index in [-0.39, 0.29) is 6.03 Å². The molecule has 0 saturated carbocycles. The Morgan fingerprint density at radius 3 is 2.94 bits per heavy atom. The Morgan fingerprint density at radius 2 is 2.25 bits per heavy atom. The molecule has 0 aliphatic heterocycles. The summed E-state index contributed by atoms with van der Waals surface area (Å²) in [6, 6.07) is 7.62. The quantitative estimate of drug-likeness (QED) is 0.813. The number of halogens is 1. The summed E-state index contributed by atoms with van der Waals surface area (Å²) >= 11 is 3.38. The van der Waals surface area contributed by atoms with Crippen LogP contribution in [0.3, 0.4) is 0 Å². The molecule has 0 aliphatic carbocycles. The largest absolute Gasteiger partial charge is 0.383 e. The molecule has 1 rings (SSSR count). The molecule has 0 bridgehead atoms. The molecule has 0 heterocycles. The predicted octanol–water partition coefficient (Wildman–Crippen LogP) is 1.89. The van der Waals surface area contributed by atoms with Gasteiger partial charge < -0.3 is 15.4 Å². The van der Waals surface area contributed by atoms with Crippen molar-refractivity contribution >= 4 is 22.0 Å². The summed E-state index contributed by atoms with van der Waals surface area (Å²) in [5, 5.41) is 5.44. The lowest BCUT2D eigenvalue weighted by molar-refractivity contribution is 0.196. The van der Waals surface area contributed by atoms with Crippen molar-refractivity contribution in [3.8, 4) is 0 Å². The van der Waals surface area contributed by atoms with E-state index in [2.05, 4.69) is 26.6 Å². The van der Waals surface area contributed by atoms with Gasteiger partial charge in [-0.05, 0) is 17.7 Å². The number of nitrogens with one attached hydrogen (secondary N) is 2. The smallest absolute Gasteiger partial charge is 0.315 e. The van der Waals surface area contributed by atoms with Crippen molar-refractivity contribution in [3.05, 3.63) is 34.3 Å². The average Bonchev–Trinajstić information content (AvgIpc) is 2.27. The molecular weight excluding hydrogens is 272 g/mol. The van der Waals surface area contributed by atoms with E-state index < -0.39 is 0 Å². The monoisotopic (exact) mass is 286 g/mol. The fraction of sp³-hybridized carbons (Fsp3) is 0.364. The fourth-order valence-electron chi connectivity index (χ4n) is 1.16. The summed E-state index contributed by atoms with van der Waals surface area (Å²) in [5.41, 5.74) is 1.05. The van der Waals surface area contributed by atoms with Crippen molar-refractivity contribution in [2.45, 2.75) is 6.54 Å². The van der Waals surface area contributed by atoms with Gasteiger partial charge in [-0.2, -0.15) is 0 Å². The van der Waals surface area contributed by atoms with E-state index >= 15 is 0 Å². The Hall–Kier alpha value is -1.07. The minimum absolute atomic E-state index is 0.183. The first kappa shape index (κ1) is 13.0. The van der Waals surface area contributed by atoms with Crippen LogP contribution in [0.1, 0.15) is 5.56 Å². The molecule has 0 fully saturated rings. The third kappa shape index (κ3) is 5.14. The lowest BCUT2D eigenvalue weighted by atomic mass is 10.2. The van der Waals surface area contributed by atoms with Crippen LogP contribution in [0.15, 0.2) is 28.7 Å². The first-order valence-corrected chi connectivity index (χ1v) is 5.77. The van der Waals surface area contributed by atoms with Gasteiger partial charge in [-0.25, -0.2) is 4.79 Å². The zero-order valence-corrected chi connectivity index (χ0v) is 10.7. The molecule has 0 radical (unpaired) electrons. The molecule has 1 aromatic carbocycles. The number of rotatable bonds is 5. The van der Waals surface area contributed by atoms with Crippen LogP contribution in [0.4, 0.5) is 4.79 Å². The van der Waals surface area contributed by atoms with E-state index in [1.807, 2.05) is 24.3 Å². The number of hydrogen-bond acceptors (Lipinski definition) is 2. The number of methoxy groups -OCH3 is 1. The normalized spacial score (nSPS) is 9.88. The van der Waals surface area contributed by atoms with Crippen LogP contribution < -0.4 is 10.6 Å². The summed E-state index contributed by atoms with van der Waals surface area (Å²) in [6.07, 6.45) is 0. The van der Waals surface area contributed by atoms with Crippen molar-refractivity contribution in [1.29, 1.82) is 0 Å². The highest BCUT2D eigenvalue weighted by atomic mass is 79.9. The zero-order valence-electron chi connectivity index (χ0n) is 9.13. The maximum absolute atomic E-state index is 11.3. The third-order valence-electron chi connectivity index (χ3n) is 1.93. The number of ether oxygens (including phenoxy) is 1. The lowest BCUT2D eigenvalue weighted by Crippen LogP contribution is -2.36. The van der Waals surface area contributed by atoms with Gasteiger partial charge in [0.2, 0.25) is 0 Å². The Labute approximate surface area is 103 Å². The molecule has 2 amide bonds. The number of benzene rings is 1. The first-order chi connectivity index (χ1) is 7.72. The van der Waals surface area contributed by atoms with Crippen LogP contribution in [-0.2, 0) is 11.3 Å². The van der Waals surface area contributed by atoms with Crippen molar-refractivity contribution in [2.24, 2.45) is 0 Å². The molecule has 4 nitrogen and oxygen atoms in total. The van der Waals surface area contributed by atoms with Gasteiger partial charge in [0.15, 0.2) is 0 Å². The maximum Gasteiger partial charge on any atom is 0.315 e. The highest BCUT2D eigenvalue weighted by Crippen LogP contribution is 2.11. The summed E-state index contributed by atoms with van der Waals surface area (Å²) in [7, 11) is 1.60. The van der Waals surface area contributed by atoms with Gasteiger partial charge in [0.1, 0.15) is 0 Å². The van der Waals surface area contributed by atoms with Gasteiger partial charge in [-0.3, -0.25) is 0 Å². The maximum atomic E-state index is 11.3. The number of urea groups is 1. The van der Waals surface area contributed by atoms with Crippen LogP contribution in [0.25, 0.3) is 0 Å². The number of hydrogen-bond donors (Lipinski definition) is 2. The third-order valence-corrected chi connectivity index (χ3v) is 2.43. The van der Waals surface area contributed by atoms with Gasteiger partial charge in [0, 0.05) is 24.7 Å². The van der Waals surface area contributed by atoms with E-state index in [0.29, 0.717) is 19.7 Å². The first-order valence-electron chi connectivity index (χ1n) is 4.97. The minimum Gasteiger partial charge on any atom is -0.383 e.